The van der Waals surface area contributed by atoms with Crippen molar-refractivity contribution in [1.82, 2.24) is 74.0 Å². The summed E-state index contributed by atoms with van der Waals surface area (Å²) in [5.74, 6) is 2.13. The summed E-state index contributed by atoms with van der Waals surface area (Å²) < 4.78 is 37.5. The van der Waals surface area contributed by atoms with Gasteiger partial charge in [-0.15, -0.1) is 10.2 Å². The first-order valence-corrected chi connectivity index (χ1v) is 37.5. The number of likely N-dealkylation sites (tertiary alicyclic amines) is 2. The molecule has 12 rings (SSSR count). The first-order chi connectivity index (χ1) is 52.8. The summed E-state index contributed by atoms with van der Waals surface area (Å²) in [4.78, 5) is 97.1. The van der Waals surface area contributed by atoms with Gasteiger partial charge in [-0.25, -0.2) is 38.6 Å². The predicted molar refractivity (Wildman–Crippen MR) is 424 cm³/mol. The fraction of sp³-hybridized carbons (Fsp3) is 0.388. The van der Waals surface area contributed by atoms with Crippen LogP contribution in [0.25, 0.3) is 78.6 Å². The molecule has 2 aliphatic heterocycles. The normalized spacial score (nSPS) is 13.7. The molecule has 584 valence electrons. The van der Waals surface area contributed by atoms with E-state index in [1.165, 1.54) is 25.8 Å². The van der Waals surface area contributed by atoms with E-state index < -0.39 is 29.0 Å². The van der Waals surface area contributed by atoms with Crippen LogP contribution < -0.4 is 24.3 Å². The molecule has 0 saturated carbocycles. The van der Waals surface area contributed by atoms with Gasteiger partial charge in [0.05, 0.1) is 96.5 Å². The number of benzene rings is 2. The second kappa shape index (κ2) is 34.5. The summed E-state index contributed by atoms with van der Waals surface area (Å²) in [6, 6.07) is 25.5. The van der Waals surface area contributed by atoms with E-state index >= 15 is 0 Å². The predicted octanol–water partition coefficient (Wildman–Crippen LogP) is 14.9. The number of nitrogens with zero attached hydrogens (tertiary/aromatic N) is 14. The van der Waals surface area contributed by atoms with E-state index in [0.29, 0.717) is 210 Å². The van der Waals surface area contributed by atoms with Crippen LogP contribution in [0.1, 0.15) is 122 Å². The standard InChI is InChI=1S/C42H50Cl2N8O6.C38H39Cl2N7O6/c1-25(53)50-18-15-28(16-19-50)51(40(54)58-41(2,3)4)22-26-12-13-32(47-39(26)57-8)31-11-9-10-29(35(31)43)30-14-17-46-37(36(30)44)27-20-33(56-7)38-48-34(49-52(38)23-27)21-45-24-42(5,6)55;1-22(49)45-16-13-25(14-17-45)46(37(50)53-38(2,3)4)19-23-10-11-29(42-36(23)52-6)28-9-7-8-26(32(28)39)27-12-15-41-34(33(27)40)24-18-30(51-5)35-43-31(21-48)44-47(35)20-24/h9-14,17,20,23,28,45,55H,15-16,18-19,21-22,24H2,1-8H3;7-12,15,18,20-21,25H,13-14,16-17,19H2,1-6H3. The van der Waals surface area contributed by atoms with E-state index in [-0.39, 0.29) is 42.8 Å². The molecule has 10 aromatic rings. The largest absolute Gasteiger partial charge is 0.493 e. The zero-order valence-corrected chi connectivity index (χ0v) is 67.3. The first kappa shape index (κ1) is 81.7. The van der Waals surface area contributed by atoms with Crippen LogP contribution >= 0.6 is 46.4 Å². The third-order valence-electron chi connectivity index (χ3n) is 18.6. The molecule has 0 unspecified atom stereocenters. The Kier molecular flexibility index (Phi) is 25.4. The SMILES string of the molecule is COc1nc(-c2cccc(-c3ccnc(-c4cc(OC)c5nc(C=O)nn5c4)c3Cl)c2Cl)ccc1CN(C(=O)OC(C)(C)C)C1CCN(C(C)=O)CC1.COc1nc(-c2cccc(-c3ccnc(-c4cc(OC)c5nc(CNCC(C)(C)O)nn5c4)c3Cl)c2Cl)ccc1CN(C(=O)OC(C)(C)C)C1CCN(C(C)=O)CC1. The lowest BCUT2D eigenvalue weighted by Gasteiger charge is -2.39. The quantitative estimate of drug-likeness (QED) is 0.0632. The van der Waals surface area contributed by atoms with Crippen molar-refractivity contribution in [2.24, 2.45) is 0 Å². The Balaban J connectivity index is 0.000000221. The number of nitrogens with one attached hydrogen (secondary N) is 1. The molecule has 0 spiro atoms. The molecule has 2 aromatic carbocycles. The van der Waals surface area contributed by atoms with Crippen LogP contribution in [0.3, 0.4) is 0 Å². The Labute approximate surface area is 663 Å². The second-order valence-corrected chi connectivity index (χ2v) is 31.0. The van der Waals surface area contributed by atoms with Crippen LogP contribution in [0.15, 0.2) is 110 Å². The molecule has 0 atom stereocenters. The molecule has 27 nitrogen and oxygen atoms in total. The van der Waals surface area contributed by atoms with E-state index in [4.69, 9.17) is 84.8 Å². The number of hydrogen-bond acceptors (Lipinski definition) is 21. The minimum Gasteiger partial charge on any atom is -0.493 e. The number of pyridine rings is 6. The van der Waals surface area contributed by atoms with E-state index in [1.54, 1.807) is 102 Å². The van der Waals surface area contributed by atoms with Crippen LogP contribution in [0.2, 0.25) is 20.1 Å². The van der Waals surface area contributed by atoms with Crippen molar-refractivity contribution in [3.8, 4) is 90.5 Å². The number of methoxy groups -OCH3 is 4. The molecular weight excluding hydrogens is 1500 g/mol. The number of hydrogen-bond donors (Lipinski definition) is 2. The summed E-state index contributed by atoms with van der Waals surface area (Å²) in [6.45, 7) is 20.9. The molecule has 2 aliphatic rings. The number of ether oxygens (including phenoxy) is 6. The number of piperidine rings is 2. The number of halogens is 4. The average Bonchev–Trinajstić information content (AvgIpc) is 1.75. The maximum Gasteiger partial charge on any atom is 0.410 e. The fourth-order valence-corrected chi connectivity index (χ4v) is 14.5. The van der Waals surface area contributed by atoms with Gasteiger partial charge in [-0.1, -0.05) is 82.8 Å². The van der Waals surface area contributed by atoms with Crippen LogP contribution in [0, 0.1) is 0 Å². The highest BCUT2D eigenvalue weighted by Gasteiger charge is 2.36. The molecule has 8 aromatic heterocycles. The van der Waals surface area contributed by atoms with Gasteiger partial charge in [0.25, 0.3) is 0 Å². The Morgan fingerprint density at radius 2 is 0.946 bits per heavy atom. The van der Waals surface area contributed by atoms with Crippen molar-refractivity contribution < 1.29 is 57.5 Å². The van der Waals surface area contributed by atoms with Gasteiger partial charge in [0, 0.05) is 139 Å². The number of aldehydes is 1. The van der Waals surface area contributed by atoms with Crippen LogP contribution in [0.4, 0.5) is 9.59 Å². The molecule has 2 N–H and O–H groups in total. The van der Waals surface area contributed by atoms with Gasteiger partial charge < -0.3 is 58.4 Å². The summed E-state index contributed by atoms with van der Waals surface area (Å²) in [5, 5.41) is 23.6. The molecule has 10 heterocycles. The van der Waals surface area contributed by atoms with Gasteiger partial charge in [0.1, 0.15) is 11.2 Å². The van der Waals surface area contributed by atoms with E-state index in [1.807, 2.05) is 108 Å². The minimum atomic E-state index is -0.877. The van der Waals surface area contributed by atoms with Crippen molar-refractivity contribution in [3.05, 3.63) is 153 Å². The van der Waals surface area contributed by atoms with E-state index in [2.05, 4.69) is 35.5 Å². The Bertz CT molecular complexity index is 5120. The van der Waals surface area contributed by atoms with Gasteiger partial charge in [0.15, 0.2) is 34.9 Å². The van der Waals surface area contributed by atoms with Gasteiger partial charge in [0.2, 0.25) is 29.4 Å². The van der Waals surface area contributed by atoms with Gasteiger partial charge >= 0.3 is 12.2 Å². The minimum absolute atomic E-state index is 0.0157. The number of rotatable bonds is 21. The monoisotopic (exact) mass is 1590 g/mol. The smallest absolute Gasteiger partial charge is 0.410 e. The Hall–Kier alpha value is -10.3. The second-order valence-electron chi connectivity index (χ2n) is 29.5. The summed E-state index contributed by atoms with van der Waals surface area (Å²) in [7, 11) is 6.12. The number of carbonyl (C=O) groups is 5. The lowest BCUT2D eigenvalue weighted by atomic mass is 9.99. The zero-order valence-electron chi connectivity index (χ0n) is 64.3. The third kappa shape index (κ3) is 19.2. The highest BCUT2D eigenvalue weighted by Crippen LogP contribution is 2.45. The summed E-state index contributed by atoms with van der Waals surface area (Å²) >= 11 is 28.5. The Morgan fingerprint density at radius 1 is 0.541 bits per heavy atom. The third-order valence-corrected chi connectivity index (χ3v) is 20.2. The highest BCUT2D eigenvalue weighted by atomic mass is 35.5. The van der Waals surface area contributed by atoms with E-state index in [9.17, 15) is 29.1 Å². The lowest BCUT2D eigenvalue weighted by Crippen LogP contribution is -2.49. The molecule has 4 amide bonds. The number of aliphatic hydroxyl groups is 1. The maximum atomic E-state index is 13.6. The lowest BCUT2D eigenvalue weighted by molar-refractivity contribution is -0.131. The molecule has 0 aliphatic carbocycles. The zero-order chi connectivity index (χ0) is 80.0. The molecule has 111 heavy (non-hydrogen) atoms. The van der Waals surface area contributed by atoms with Crippen molar-refractivity contribution in [3.63, 3.8) is 0 Å². The van der Waals surface area contributed by atoms with Crippen LogP contribution in [-0.4, -0.2) is 194 Å². The van der Waals surface area contributed by atoms with Crippen LogP contribution in [0.5, 0.6) is 23.3 Å². The van der Waals surface area contributed by atoms with Gasteiger partial charge in [-0.2, -0.15) is 0 Å². The molecular formula is C80H89Cl4N15O12. The van der Waals surface area contributed by atoms with Gasteiger partial charge in [-0.05, 0) is 130 Å². The topological polar surface area (TPSA) is 298 Å². The fourth-order valence-electron chi connectivity index (χ4n) is 13.2. The first-order valence-electron chi connectivity index (χ1n) is 36.0. The molecule has 2 fully saturated rings. The number of aromatic nitrogens is 10. The molecule has 0 radical (unpaired) electrons. The van der Waals surface area contributed by atoms with Crippen LogP contribution in [-0.2, 0) is 38.7 Å². The Morgan fingerprint density at radius 3 is 1.33 bits per heavy atom. The van der Waals surface area contributed by atoms with E-state index in [0.717, 1.165) is 0 Å². The maximum absolute atomic E-state index is 13.6. The van der Waals surface area contributed by atoms with Gasteiger partial charge in [-0.3, -0.25) is 24.4 Å². The highest BCUT2D eigenvalue weighted by molar-refractivity contribution is 6.40. The summed E-state index contributed by atoms with van der Waals surface area (Å²) in [5.41, 5.74) is 7.17. The van der Waals surface area contributed by atoms with Crippen molar-refractivity contribution in [1.29, 1.82) is 0 Å². The van der Waals surface area contributed by atoms with Crippen molar-refractivity contribution in [2.75, 3.05) is 61.2 Å². The molecule has 2 saturated heterocycles. The van der Waals surface area contributed by atoms with Crippen molar-refractivity contribution >= 4 is 88.0 Å². The number of fused-ring (bicyclic) bond motifs is 2. The number of carbonyl (C=O) groups excluding carboxylic acids is 5. The molecule has 0 bridgehead atoms. The summed E-state index contributed by atoms with van der Waals surface area (Å²) in [6.07, 6.45) is 8.93. The average molecular weight is 1590 g/mol. The number of amides is 4. The van der Waals surface area contributed by atoms with Crippen molar-refractivity contribution in [2.45, 2.75) is 143 Å². The molecule has 31 heteroatoms.